The van der Waals surface area contributed by atoms with Crippen molar-refractivity contribution < 1.29 is 37.6 Å². The van der Waals surface area contributed by atoms with Crippen LogP contribution in [0.25, 0.3) is 0 Å². The third-order valence-corrected chi connectivity index (χ3v) is 15.6. The molecule has 0 aliphatic rings. The minimum Gasteiger partial charge on any atom is -0.462 e. The van der Waals surface area contributed by atoms with Gasteiger partial charge in [-0.3, -0.25) is 18.6 Å². The fraction of sp³-hybridized carbons (Fsp3) is 0.797. The number of carbonyl (C=O) groups is 2. The summed E-state index contributed by atoms with van der Waals surface area (Å²) in [5.74, 6) is -0.824. The first kappa shape index (κ1) is 76.5. The Morgan fingerprint density at radius 2 is 0.696 bits per heavy atom. The van der Waals surface area contributed by atoms with E-state index in [1.807, 2.05) is 0 Å². The summed E-state index contributed by atoms with van der Waals surface area (Å²) in [7, 11) is -4.40. The number of allylic oxidation sites excluding steroid dienone is 12. The van der Waals surface area contributed by atoms with Gasteiger partial charge in [-0.1, -0.05) is 299 Å². The van der Waals surface area contributed by atoms with Crippen molar-refractivity contribution in [2.45, 2.75) is 328 Å². The van der Waals surface area contributed by atoms with E-state index < -0.39 is 26.5 Å². The maximum atomic E-state index is 12.7. The van der Waals surface area contributed by atoms with Crippen LogP contribution < -0.4 is 5.73 Å². The fourth-order valence-corrected chi connectivity index (χ4v) is 10.4. The largest absolute Gasteiger partial charge is 0.472 e. The second-order valence-corrected chi connectivity index (χ2v) is 23.8. The molecule has 0 amide bonds. The molecule has 0 fully saturated rings. The Labute approximate surface area is 488 Å². The van der Waals surface area contributed by atoms with E-state index in [4.69, 9.17) is 24.3 Å². The van der Waals surface area contributed by atoms with E-state index in [1.165, 1.54) is 212 Å². The Morgan fingerprint density at radius 1 is 0.392 bits per heavy atom. The molecule has 10 heteroatoms. The molecule has 0 heterocycles. The molecule has 460 valence electrons. The highest BCUT2D eigenvalue weighted by Gasteiger charge is 2.26. The van der Waals surface area contributed by atoms with Crippen molar-refractivity contribution in [2.24, 2.45) is 5.73 Å². The van der Waals surface area contributed by atoms with E-state index in [0.717, 1.165) is 77.0 Å². The lowest BCUT2D eigenvalue weighted by molar-refractivity contribution is -0.161. The molecule has 0 aromatic carbocycles. The molecule has 2 unspecified atom stereocenters. The molecule has 0 saturated heterocycles. The summed E-state index contributed by atoms with van der Waals surface area (Å²) in [6, 6.07) is 0. The molecule has 2 atom stereocenters. The molecule has 0 aliphatic heterocycles. The zero-order chi connectivity index (χ0) is 57.3. The van der Waals surface area contributed by atoms with Gasteiger partial charge in [0, 0.05) is 19.4 Å². The van der Waals surface area contributed by atoms with Crippen LogP contribution in [0, 0.1) is 0 Å². The number of esters is 2. The lowest BCUT2D eigenvalue weighted by atomic mass is 10.0. The van der Waals surface area contributed by atoms with Crippen molar-refractivity contribution in [3.63, 3.8) is 0 Å². The summed E-state index contributed by atoms with van der Waals surface area (Å²) in [5, 5.41) is 0. The molecule has 0 rings (SSSR count). The highest BCUT2D eigenvalue weighted by atomic mass is 31.2. The first-order valence-electron chi connectivity index (χ1n) is 33.4. The van der Waals surface area contributed by atoms with Gasteiger partial charge < -0.3 is 20.1 Å². The Morgan fingerprint density at radius 3 is 1.05 bits per heavy atom. The van der Waals surface area contributed by atoms with Crippen LogP contribution in [0.3, 0.4) is 0 Å². The molecule has 3 N–H and O–H groups in total. The number of carbonyl (C=O) groups excluding carboxylic acids is 2. The molecule has 0 spiro atoms. The van der Waals surface area contributed by atoms with E-state index >= 15 is 0 Å². The van der Waals surface area contributed by atoms with Crippen molar-refractivity contribution in [2.75, 3.05) is 26.4 Å². The lowest BCUT2D eigenvalue weighted by Crippen LogP contribution is -2.29. The zero-order valence-corrected chi connectivity index (χ0v) is 52.5. The van der Waals surface area contributed by atoms with Crippen molar-refractivity contribution in [1.82, 2.24) is 0 Å². The first-order valence-corrected chi connectivity index (χ1v) is 34.9. The summed E-state index contributed by atoms with van der Waals surface area (Å²) in [6.07, 6.45) is 84.2. The summed E-state index contributed by atoms with van der Waals surface area (Å²) in [6.45, 7) is 3.66. The number of phosphoric ester groups is 1. The monoisotopic (exact) mass is 1130 g/mol. The number of phosphoric acid groups is 1. The van der Waals surface area contributed by atoms with E-state index in [9.17, 15) is 19.0 Å². The number of ether oxygens (including phenoxy) is 2. The topological polar surface area (TPSA) is 134 Å². The molecular weight excluding hydrogens is 1000 g/mol. The van der Waals surface area contributed by atoms with Gasteiger partial charge in [-0.05, 0) is 83.5 Å². The van der Waals surface area contributed by atoms with Crippen molar-refractivity contribution >= 4 is 19.8 Å². The molecule has 0 aromatic rings. The van der Waals surface area contributed by atoms with E-state index in [-0.39, 0.29) is 38.6 Å². The average Bonchev–Trinajstić information content (AvgIpc) is 3.44. The van der Waals surface area contributed by atoms with Gasteiger partial charge in [-0.2, -0.15) is 0 Å². The number of rotatable bonds is 63. The van der Waals surface area contributed by atoms with E-state index in [2.05, 4.69) is 86.8 Å². The van der Waals surface area contributed by atoms with Crippen molar-refractivity contribution in [3.05, 3.63) is 72.9 Å². The molecule has 79 heavy (non-hydrogen) atoms. The highest BCUT2D eigenvalue weighted by molar-refractivity contribution is 7.47. The van der Waals surface area contributed by atoms with Gasteiger partial charge in [-0.15, -0.1) is 0 Å². The van der Waals surface area contributed by atoms with Gasteiger partial charge in [0.15, 0.2) is 6.10 Å². The first-order chi connectivity index (χ1) is 38.8. The Bertz CT molecular complexity index is 1520. The molecule has 0 aromatic heterocycles. The maximum Gasteiger partial charge on any atom is 0.472 e. The Hall–Kier alpha value is -2.55. The summed E-state index contributed by atoms with van der Waals surface area (Å²) < 4.78 is 33.1. The fourth-order valence-electron chi connectivity index (χ4n) is 9.66. The average molecular weight is 1130 g/mol. The Kier molecular flexibility index (Phi) is 62.5. The smallest absolute Gasteiger partial charge is 0.462 e. The van der Waals surface area contributed by atoms with Crippen LogP contribution in [0.5, 0.6) is 0 Å². The van der Waals surface area contributed by atoms with Gasteiger partial charge in [0.1, 0.15) is 6.61 Å². The van der Waals surface area contributed by atoms with Gasteiger partial charge in [0.2, 0.25) is 0 Å². The van der Waals surface area contributed by atoms with Crippen molar-refractivity contribution in [3.8, 4) is 0 Å². The van der Waals surface area contributed by atoms with Crippen LogP contribution in [-0.2, 0) is 32.7 Å². The molecule has 0 bridgehead atoms. The summed E-state index contributed by atoms with van der Waals surface area (Å²) in [5.41, 5.74) is 5.40. The van der Waals surface area contributed by atoms with Crippen LogP contribution in [0.2, 0.25) is 0 Å². The minimum atomic E-state index is -4.40. The number of unbranched alkanes of at least 4 members (excludes halogenated alkanes) is 38. The maximum absolute atomic E-state index is 12.7. The van der Waals surface area contributed by atoms with Crippen LogP contribution in [0.1, 0.15) is 322 Å². The number of hydrogen-bond donors (Lipinski definition) is 2. The van der Waals surface area contributed by atoms with Gasteiger partial charge >= 0.3 is 19.8 Å². The standard InChI is InChI=1S/C69H126NO8P/c1-3-5-7-9-11-13-15-17-19-21-23-25-27-29-30-31-32-33-34-35-36-38-39-41-43-45-47-49-51-53-55-57-59-61-68(71)75-65-67(66-77-79(73,74)76-64-63-70)78-69(72)62-60-58-56-54-52-50-48-46-44-42-40-37-28-26-24-22-20-18-16-14-12-10-8-6-4-2/h6,8,12,14,18,20-21,23-24,26,37,40,67H,3-5,7,9-11,13,15-17,19,22,25,27-36,38-39,41-66,70H2,1-2H3,(H,73,74)/b8-6-,14-12-,20-18-,23-21-,26-24-,40-37-. The van der Waals surface area contributed by atoms with Crippen molar-refractivity contribution in [1.29, 1.82) is 0 Å². The molecule has 0 radical (unpaired) electrons. The third-order valence-electron chi connectivity index (χ3n) is 14.6. The third kappa shape index (κ3) is 64.5. The van der Waals surface area contributed by atoms with E-state index in [0.29, 0.717) is 6.42 Å². The molecular formula is C69H126NO8P. The van der Waals surface area contributed by atoms with Crippen LogP contribution >= 0.6 is 7.82 Å². The highest BCUT2D eigenvalue weighted by Crippen LogP contribution is 2.43. The van der Waals surface area contributed by atoms with Crippen LogP contribution in [-0.4, -0.2) is 49.3 Å². The molecule has 0 saturated carbocycles. The molecule has 0 aliphatic carbocycles. The molecule has 9 nitrogen and oxygen atoms in total. The van der Waals surface area contributed by atoms with Crippen LogP contribution in [0.15, 0.2) is 72.9 Å². The van der Waals surface area contributed by atoms with Gasteiger partial charge in [-0.25, -0.2) is 4.57 Å². The quantitative estimate of drug-likeness (QED) is 0.0264. The predicted molar refractivity (Wildman–Crippen MR) is 339 cm³/mol. The minimum absolute atomic E-state index is 0.0509. The predicted octanol–water partition coefficient (Wildman–Crippen LogP) is 21.6. The number of nitrogens with two attached hydrogens (primary N) is 1. The van der Waals surface area contributed by atoms with Crippen LogP contribution in [0.4, 0.5) is 0 Å². The summed E-state index contributed by atoms with van der Waals surface area (Å²) >= 11 is 0. The normalized spacial score (nSPS) is 13.4. The number of hydrogen-bond acceptors (Lipinski definition) is 8. The second kappa shape index (κ2) is 64.6. The summed E-state index contributed by atoms with van der Waals surface area (Å²) in [4.78, 5) is 35.3. The zero-order valence-electron chi connectivity index (χ0n) is 51.6. The SMILES string of the molecule is CC/C=C\C/C=C\C/C=C\C/C=C\C/C=C\CCCCCCCCCCCC(=O)OC(COC(=O)CCCCCCCCCCCCCCCCCCCCCCC/C=C\CCCCCCCCCC)COP(=O)(O)OCCN. The van der Waals surface area contributed by atoms with E-state index in [1.54, 1.807) is 0 Å². The van der Waals surface area contributed by atoms with Gasteiger partial charge in [0.25, 0.3) is 0 Å². The lowest BCUT2D eigenvalue weighted by Gasteiger charge is -2.19. The Balaban J connectivity index is 3.87. The second-order valence-electron chi connectivity index (χ2n) is 22.3. The van der Waals surface area contributed by atoms with Gasteiger partial charge in [0.05, 0.1) is 13.2 Å².